The van der Waals surface area contributed by atoms with E-state index in [-0.39, 0.29) is 18.5 Å². The predicted molar refractivity (Wildman–Crippen MR) is 56.8 cm³/mol. The molecule has 0 saturated heterocycles. The van der Waals surface area contributed by atoms with Gasteiger partial charge in [-0.25, -0.2) is 0 Å². The van der Waals surface area contributed by atoms with Crippen LogP contribution in [0, 0.1) is 0 Å². The third kappa shape index (κ3) is 3.34. The molecular weight excluding hydrogens is 192 g/mol. The van der Waals surface area contributed by atoms with Crippen LogP contribution < -0.4 is 11.1 Å². The molecule has 5 N–H and O–H groups in total. The molecule has 0 aliphatic rings. The number of nitrogens with one attached hydrogen (secondary N) is 1. The summed E-state index contributed by atoms with van der Waals surface area (Å²) in [6.07, 6.45) is -0.679. The van der Waals surface area contributed by atoms with Gasteiger partial charge in [0.15, 0.2) is 6.54 Å². The summed E-state index contributed by atoms with van der Waals surface area (Å²) in [4.78, 5) is 11.1. The first-order valence-electron chi connectivity index (χ1n) is 4.96. The van der Waals surface area contributed by atoms with E-state index >= 15 is 0 Å². The minimum atomic E-state index is -0.679. The van der Waals surface area contributed by atoms with Crippen molar-refractivity contribution in [3.05, 3.63) is 35.9 Å². The third-order valence-electron chi connectivity index (χ3n) is 2.23. The molecule has 0 radical (unpaired) electrons. The first-order valence-corrected chi connectivity index (χ1v) is 4.96. The molecule has 1 rings (SSSR count). The summed E-state index contributed by atoms with van der Waals surface area (Å²) in [5.74, 6) is -0.155. The molecule has 1 aromatic rings. The number of aliphatic hydroxyl groups is 1. The number of quaternary nitrogens is 1. The molecular formula is C11H17N2O2+. The zero-order valence-corrected chi connectivity index (χ0v) is 8.81. The van der Waals surface area contributed by atoms with Gasteiger partial charge in [-0.2, -0.15) is 0 Å². The zero-order chi connectivity index (χ0) is 11.3. The van der Waals surface area contributed by atoms with E-state index in [2.05, 4.69) is 11.1 Å². The van der Waals surface area contributed by atoms with Crippen LogP contribution in [0.15, 0.2) is 30.3 Å². The fourth-order valence-electron chi connectivity index (χ4n) is 1.34. The summed E-state index contributed by atoms with van der Waals surface area (Å²) in [6, 6.07) is 8.95. The molecule has 0 saturated carbocycles. The molecule has 0 bridgehead atoms. The van der Waals surface area contributed by atoms with Crippen molar-refractivity contribution in [3.8, 4) is 0 Å². The lowest BCUT2D eigenvalue weighted by atomic mass is 10.0. The maximum absolute atomic E-state index is 11.1. The molecule has 0 aromatic heterocycles. The van der Waals surface area contributed by atoms with Gasteiger partial charge in [0.2, 0.25) is 0 Å². The molecule has 0 aliphatic heterocycles. The third-order valence-corrected chi connectivity index (χ3v) is 2.23. The lowest BCUT2D eigenvalue weighted by Crippen LogP contribution is -2.58. The van der Waals surface area contributed by atoms with Gasteiger partial charge >= 0.3 is 0 Å². The smallest absolute Gasteiger partial charge is 0.275 e. The van der Waals surface area contributed by atoms with E-state index in [0.29, 0.717) is 0 Å². The van der Waals surface area contributed by atoms with Crippen molar-refractivity contribution in [3.63, 3.8) is 0 Å². The molecule has 0 aliphatic carbocycles. The van der Waals surface area contributed by atoms with Crippen molar-refractivity contribution in [2.75, 3.05) is 6.54 Å². The Bertz CT molecular complexity index is 314. The Hall–Kier alpha value is -1.39. The summed E-state index contributed by atoms with van der Waals surface area (Å²) < 4.78 is 0. The largest absolute Gasteiger partial charge is 0.386 e. The Labute approximate surface area is 89.1 Å². The van der Waals surface area contributed by atoms with Crippen LogP contribution in [0.5, 0.6) is 0 Å². The summed E-state index contributed by atoms with van der Waals surface area (Å²) in [7, 11) is 0. The average molecular weight is 209 g/mol. The Morgan fingerprint density at radius 2 is 2.07 bits per heavy atom. The number of rotatable bonds is 4. The lowest BCUT2D eigenvalue weighted by molar-refractivity contribution is -0.355. The molecule has 82 valence electrons. The maximum Gasteiger partial charge on any atom is 0.275 e. The van der Waals surface area contributed by atoms with Crippen LogP contribution in [0.4, 0.5) is 0 Å². The van der Waals surface area contributed by atoms with Gasteiger partial charge in [0.25, 0.3) is 5.91 Å². The predicted octanol–water partition coefficient (Wildman–Crippen LogP) is -0.533. The van der Waals surface area contributed by atoms with Crippen LogP contribution in [-0.2, 0) is 4.79 Å². The van der Waals surface area contributed by atoms with E-state index in [1.165, 1.54) is 0 Å². The van der Waals surface area contributed by atoms with Crippen molar-refractivity contribution in [1.29, 1.82) is 0 Å². The normalized spacial score (nSPS) is 14.3. The second-order valence-electron chi connectivity index (χ2n) is 3.46. The molecule has 0 fully saturated rings. The molecule has 0 spiro atoms. The Morgan fingerprint density at radius 3 is 2.60 bits per heavy atom. The van der Waals surface area contributed by atoms with Gasteiger partial charge in [0.05, 0.1) is 12.1 Å². The van der Waals surface area contributed by atoms with Crippen molar-refractivity contribution in [2.24, 2.45) is 0 Å². The highest BCUT2D eigenvalue weighted by atomic mass is 16.3. The molecule has 4 heteroatoms. The number of aliphatic hydroxyl groups excluding tert-OH is 1. The topological polar surface area (TPSA) is 77.0 Å². The van der Waals surface area contributed by atoms with E-state index in [4.69, 9.17) is 0 Å². The van der Waals surface area contributed by atoms with E-state index in [0.717, 1.165) is 5.56 Å². The van der Waals surface area contributed by atoms with E-state index in [1.807, 2.05) is 30.3 Å². The standard InChI is InChI=1S/C11H16N2O2/c1-8(13-10(14)7-12)11(15)9-5-3-2-4-6-9/h2-6,8,11,15H,7,12H2,1H3,(H,13,14)/p+1/t8-,11+/m1/s1. The Balaban J connectivity index is 2.61. The molecule has 1 aromatic carbocycles. The fourth-order valence-corrected chi connectivity index (χ4v) is 1.34. The van der Waals surface area contributed by atoms with Gasteiger partial charge in [0, 0.05) is 0 Å². The number of amides is 1. The number of carbonyl (C=O) groups is 1. The van der Waals surface area contributed by atoms with E-state index < -0.39 is 6.10 Å². The molecule has 4 nitrogen and oxygen atoms in total. The highest BCUT2D eigenvalue weighted by molar-refractivity contribution is 5.76. The number of carbonyl (C=O) groups excluding carboxylic acids is 1. The monoisotopic (exact) mass is 209 g/mol. The van der Waals surface area contributed by atoms with Crippen LogP contribution >= 0.6 is 0 Å². The Kier molecular flexibility index (Phi) is 4.27. The van der Waals surface area contributed by atoms with Crippen molar-refractivity contribution < 1.29 is 15.6 Å². The van der Waals surface area contributed by atoms with Crippen molar-refractivity contribution >= 4 is 5.91 Å². The van der Waals surface area contributed by atoms with Gasteiger partial charge in [-0.1, -0.05) is 30.3 Å². The number of hydrogen-bond donors (Lipinski definition) is 3. The summed E-state index contributed by atoms with van der Waals surface area (Å²) in [5.41, 5.74) is 4.28. The number of hydrogen-bond acceptors (Lipinski definition) is 2. The van der Waals surface area contributed by atoms with Gasteiger partial charge in [0.1, 0.15) is 0 Å². The second-order valence-corrected chi connectivity index (χ2v) is 3.46. The summed E-state index contributed by atoms with van der Waals surface area (Å²) in [5, 5.41) is 12.6. The van der Waals surface area contributed by atoms with Crippen LogP contribution in [0.2, 0.25) is 0 Å². The lowest BCUT2D eigenvalue weighted by Gasteiger charge is -2.19. The minimum absolute atomic E-state index is 0.155. The molecule has 15 heavy (non-hydrogen) atoms. The van der Waals surface area contributed by atoms with Crippen molar-refractivity contribution in [1.82, 2.24) is 5.32 Å². The molecule has 1 amide bonds. The first-order chi connectivity index (χ1) is 7.15. The fraction of sp³-hybridized carbons (Fsp3) is 0.364. The number of benzene rings is 1. The van der Waals surface area contributed by atoms with Gasteiger partial charge in [-0.3, -0.25) is 4.79 Å². The second kappa shape index (κ2) is 5.48. The van der Waals surface area contributed by atoms with Crippen LogP contribution in [0.3, 0.4) is 0 Å². The molecule has 2 atom stereocenters. The first kappa shape index (κ1) is 11.7. The average Bonchev–Trinajstić information content (AvgIpc) is 2.29. The van der Waals surface area contributed by atoms with E-state index in [1.54, 1.807) is 6.92 Å². The Morgan fingerprint density at radius 1 is 1.47 bits per heavy atom. The quantitative estimate of drug-likeness (QED) is 0.623. The van der Waals surface area contributed by atoms with Gasteiger partial charge in [-0.05, 0) is 12.5 Å². The SMILES string of the molecule is C[C@@H](NC(=O)C[NH3+])[C@H](O)c1ccccc1. The summed E-state index contributed by atoms with van der Waals surface area (Å²) in [6.45, 7) is 1.96. The van der Waals surface area contributed by atoms with Crippen LogP contribution in [0.1, 0.15) is 18.6 Å². The highest BCUT2D eigenvalue weighted by Crippen LogP contribution is 2.15. The van der Waals surface area contributed by atoms with Crippen LogP contribution in [0.25, 0.3) is 0 Å². The molecule has 0 heterocycles. The summed E-state index contributed by atoms with van der Waals surface area (Å²) >= 11 is 0. The van der Waals surface area contributed by atoms with Gasteiger partial charge in [-0.15, -0.1) is 0 Å². The minimum Gasteiger partial charge on any atom is -0.386 e. The van der Waals surface area contributed by atoms with Crippen molar-refractivity contribution in [2.45, 2.75) is 19.1 Å². The molecule has 0 unspecified atom stereocenters. The van der Waals surface area contributed by atoms with Crippen LogP contribution in [-0.4, -0.2) is 23.6 Å². The maximum atomic E-state index is 11.1. The van der Waals surface area contributed by atoms with Gasteiger partial charge < -0.3 is 16.2 Å². The zero-order valence-electron chi connectivity index (χ0n) is 8.81. The van der Waals surface area contributed by atoms with E-state index in [9.17, 15) is 9.90 Å². The highest BCUT2D eigenvalue weighted by Gasteiger charge is 2.17.